The van der Waals surface area contributed by atoms with Crippen molar-refractivity contribution in [2.75, 3.05) is 6.61 Å². The van der Waals surface area contributed by atoms with Crippen LogP contribution < -0.4 is 5.32 Å². The quantitative estimate of drug-likeness (QED) is 0.694. The molecule has 0 aromatic rings. The van der Waals surface area contributed by atoms with Crippen LogP contribution in [-0.4, -0.2) is 18.7 Å². The van der Waals surface area contributed by atoms with Crippen LogP contribution in [0.5, 0.6) is 0 Å². The third kappa shape index (κ3) is 7.36. The molecule has 0 aromatic carbocycles. The molecule has 1 amide bonds. The molecule has 3 nitrogen and oxygen atoms in total. The van der Waals surface area contributed by atoms with E-state index in [1.54, 1.807) is 0 Å². The van der Waals surface area contributed by atoms with Gasteiger partial charge in [-0.2, -0.15) is 0 Å². The number of amides is 1. The normalized spacial score (nSPS) is 14.7. The van der Waals surface area contributed by atoms with Gasteiger partial charge in [0.2, 0.25) is 0 Å². The maximum Gasteiger partial charge on any atom is 0.407 e. The van der Waals surface area contributed by atoms with Gasteiger partial charge in [-0.1, -0.05) is 47.1 Å². The van der Waals surface area contributed by atoms with E-state index in [1.165, 1.54) is 0 Å². The third-order valence-electron chi connectivity index (χ3n) is 2.98. The van der Waals surface area contributed by atoms with E-state index in [2.05, 4.69) is 39.6 Å². The van der Waals surface area contributed by atoms with Crippen molar-refractivity contribution in [2.45, 2.75) is 59.9 Å². The fourth-order valence-corrected chi connectivity index (χ4v) is 1.76. The van der Waals surface area contributed by atoms with Crippen molar-refractivity contribution in [1.29, 1.82) is 0 Å². The lowest BCUT2D eigenvalue weighted by Gasteiger charge is -2.31. The van der Waals surface area contributed by atoms with Gasteiger partial charge in [0.1, 0.15) is 0 Å². The molecular formula is C15H29NO2. The minimum Gasteiger partial charge on any atom is -0.449 e. The number of carbonyl (C=O) groups is 1. The largest absolute Gasteiger partial charge is 0.449 e. The number of hydrogen-bond donors (Lipinski definition) is 1. The molecular weight excluding hydrogens is 226 g/mol. The smallest absolute Gasteiger partial charge is 0.407 e. The lowest BCUT2D eigenvalue weighted by molar-refractivity contribution is 0.117. The summed E-state index contributed by atoms with van der Waals surface area (Å²) < 4.78 is 5.23. The molecule has 0 aromatic heterocycles. The third-order valence-corrected chi connectivity index (χ3v) is 2.98. The molecule has 0 fully saturated rings. The van der Waals surface area contributed by atoms with E-state index in [9.17, 15) is 4.79 Å². The monoisotopic (exact) mass is 255 g/mol. The van der Waals surface area contributed by atoms with Crippen LogP contribution in [-0.2, 0) is 4.74 Å². The number of rotatable bonds is 7. The van der Waals surface area contributed by atoms with Crippen molar-refractivity contribution < 1.29 is 9.53 Å². The Bertz CT molecular complexity index is 256. The summed E-state index contributed by atoms with van der Waals surface area (Å²) in [7, 11) is 0. The van der Waals surface area contributed by atoms with Gasteiger partial charge in [0.15, 0.2) is 0 Å². The Balaban J connectivity index is 4.14. The number of allylic oxidation sites excluding steroid dienone is 1. The van der Waals surface area contributed by atoms with Gasteiger partial charge in [0.05, 0.1) is 6.61 Å². The Morgan fingerprint density at radius 3 is 2.50 bits per heavy atom. The number of carbonyl (C=O) groups excluding carboxylic acids is 1. The first-order valence-electron chi connectivity index (χ1n) is 6.85. The molecule has 18 heavy (non-hydrogen) atoms. The summed E-state index contributed by atoms with van der Waals surface area (Å²) in [4.78, 5) is 11.7. The molecule has 0 rings (SSSR count). The van der Waals surface area contributed by atoms with Gasteiger partial charge in [0, 0.05) is 6.04 Å². The molecule has 0 saturated heterocycles. The zero-order chi connectivity index (χ0) is 14.2. The standard InChI is InChI=1S/C15H29NO2/c1-7-9-12(3)11-18-14(17)16-13(10-8-2)15(4,5)6/h7,12-13H,1,8-11H2,2-6H3,(H,16,17). The highest BCUT2D eigenvalue weighted by molar-refractivity contribution is 5.67. The first-order chi connectivity index (χ1) is 8.31. The van der Waals surface area contributed by atoms with E-state index in [0.29, 0.717) is 12.5 Å². The van der Waals surface area contributed by atoms with Crippen molar-refractivity contribution in [3.8, 4) is 0 Å². The SMILES string of the molecule is C=CCC(C)COC(=O)NC(CCC)C(C)(C)C. The molecule has 0 aliphatic carbocycles. The summed E-state index contributed by atoms with van der Waals surface area (Å²) in [6.07, 6.45) is 4.43. The zero-order valence-corrected chi connectivity index (χ0v) is 12.6. The molecule has 0 aliphatic rings. The van der Waals surface area contributed by atoms with E-state index in [1.807, 2.05) is 13.0 Å². The van der Waals surface area contributed by atoms with Gasteiger partial charge in [-0.25, -0.2) is 4.79 Å². The lowest BCUT2D eigenvalue weighted by Crippen LogP contribution is -2.44. The fourth-order valence-electron chi connectivity index (χ4n) is 1.76. The summed E-state index contributed by atoms with van der Waals surface area (Å²) >= 11 is 0. The first kappa shape index (κ1) is 17.0. The summed E-state index contributed by atoms with van der Waals surface area (Å²) in [6.45, 7) is 14.7. The van der Waals surface area contributed by atoms with Gasteiger partial charge < -0.3 is 10.1 Å². The fraction of sp³-hybridized carbons (Fsp3) is 0.800. The maximum atomic E-state index is 11.7. The molecule has 0 bridgehead atoms. The first-order valence-corrected chi connectivity index (χ1v) is 6.85. The van der Waals surface area contributed by atoms with Crippen LogP contribution in [0.4, 0.5) is 4.79 Å². The van der Waals surface area contributed by atoms with Crippen molar-refractivity contribution in [1.82, 2.24) is 5.32 Å². The van der Waals surface area contributed by atoms with Crippen molar-refractivity contribution >= 4 is 6.09 Å². The highest BCUT2D eigenvalue weighted by Gasteiger charge is 2.25. The average molecular weight is 255 g/mol. The second-order valence-electron chi connectivity index (χ2n) is 6.08. The molecule has 0 saturated carbocycles. The molecule has 3 heteroatoms. The molecule has 2 atom stereocenters. The van der Waals surface area contributed by atoms with Crippen LogP contribution in [0, 0.1) is 11.3 Å². The molecule has 1 N–H and O–H groups in total. The second-order valence-corrected chi connectivity index (χ2v) is 6.08. The highest BCUT2D eigenvalue weighted by atomic mass is 16.5. The van der Waals surface area contributed by atoms with E-state index < -0.39 is 0 Å². The molecule has 2 unspecified atom stereocenters. The van der Waals surface area contributed by atoms with E-state index in [0.717, 1.165) is 19.3 Å². The molecule has 106 valence electrons. The van der Waals surface area contributed by atoms with Gasteiger partial charge in [-0.15, -0.1) is 6.58 Å². The highest BCUT2D eigenvalue weighted by Crippen LogP contribution is 2.22. The summed E-state index contributed by atoms with van der Waals surface area (Å²) in [5.74, 6) is 0.326. The van der Waals surface area contributed by atoms with Crippen molar-refractivity contribution in [3.63, 3.8) is 0 Å². The van der Waals surface area contributed by atoms with Crippen LogP contribution in [0.1, 0.15) is 53.9 Å². The predicted molar refractivity (Wildman–Crippen MR) is 76.6 cm³/mol. The number of nitrogens with one attached hydrogen (secondary N) is 1. The maximum absolute atomic E-state index is 11.7. The minimum absolute atomic E-state index is 0.0573. The predicted octanol–water partition coefficient (Wildman–Crippen LogP) is 4.14. The second kappa shape index (κ2) is 8.17. The van der Waals surface area contributed by atoms with Gasteiger partial charge >= 0.3 is 6.09 Å². The summed E-state index contributed by atoms with van der Waals surface area (Å²) in [6, 6.07) is 0.157. The molecule has 0 radical (unpaired) electrons. The van der Waals surface area contributed by atoms with Crippen molar-refractivity contribution in [2.24, 2.45) is 11.3 Å². The van der Waals surface area contributed by atoms with Crippen LogP contribution in [0.15, 0.2) is 12.7 Å². The summed E-state index contributed by atoms with van der Waals surface area (Å²) in [5.41, 5.74) is 0.0573. The summed E-state index contributed by atoms with van der Waals surface area (Å²) in [5, 5.41) is 2.97. The number of ether oxygens (including phenoxy) is 1. The molecule has 0 aliphatic heterocycles. The average Bonchev–Trinajstić information content (AvgIpc) is 2.25. The van der Waals surface area contributed by atoms with Gasteiger partial charge in [0.25, 0.3) is 0 Å². The van der Waals surface area contributed by atoms with E-state index in [4.69, 9.17) is 4.74 Å². The van der Waals surface area contributed by atoms with Gasteiger partial charge in [-0.05, 0) is 24.2 Å². The minimum atomic E-state index is -0.306. The Kier molecular flexibility index (Phi) is 7.72. The topological polar surface area (TPSA) is 38.3 Å². The van der Waals surface area contributed by atoms with E-state index >= 15 is 0 Å². The van der Waals surface area contributed by atoms with Crippen molar-refractivity contribution in [3.05, 3.63) is 12.7 Å². The van der Waals surface area contributed by atoms with Crippen LogP contribution in [0.3, 0.4) is 0 Å². The number of alkyl carbamates (subject to hydrolysis) is 1. The van der Waals surface area contributed by atoms with Crippen LogP contribution >= 0.6 is 0 Å². The van der Waals surface area contributed by atoms with Gasteiger partial charge in [-0.3, -0.25) is 0 Å². The Morgan fingerprint density at radius 2 is 2.06 bits per heavy atom. The lowest BCUT2D eigenvalue weighted by atomic mass is 9.84. The molecule has 0 heterocycles. The number of hydrogen-bond acceptors (Lipinski definition) is 2. The zero-order valence-electron chi connectivity index (χ0n) is 12.6. The van der Waals surface area contributed by atoms with E-state index in [-0.39, 0.29) is 17.6 Å². The van der Waals surface area contributed by atoms with Crippen LogP contribution in [0.25, 0.3) is 0 Å². The Hall–Kier alpha value is -0.990. The molecule has 0 spiro atoms. The Labute approximate surface area is 112 Å². The van der Waals surface area contributed by atoms with Crippen LogP contribution in [0.2, 0.25) is 0 Å². The Morgan fingerprint density at radius 1 is 1.44 bits per heavy atom.